The first-order valence-electron chi connectivity index (χ1n) is 8.49. The molecule has 0 saturated heterocycles. The van der Waals surface area contributed by atoms with Gasteiger partial charge in [0, 0.05) is 17.8 Å². The lowest BCUT2D eigenvalue weighted by atomic mass is 10.3. The molecule has 0 bridgehead atoms. The van der Waals surface area contributed by atoms with Crippen LogP contribution in [0.25, 0.3) is 0 Å². The molecule has 0 unspecified atom stereocenters. The molecule has 0 heterocycles. The number of hydrogen-bond acceptors (Lipinski definition) is 7. The molecule has 0 spiro atoms. The fourth-order valence-corrected chi connectivity index (χ4v) is 2.14. The predicted octanol–water partition coefficient (Wildman–Crippen LogP) is 2.94. The molecule has 0 aromatic heterocycles. The summed E-state index contributed by atoms with van der Waals surface area (Å²) in [7, 11) is 0. The number of esters is 1. The zero-order chi connectivity index (χ0) is 20.5. The Balaban J connectivity index is 1.78. The van der Waals surface area contributed by atoms with Crippen LogP contribution in [0, 0.1) is 10.1 Å². The van der Waals surface area contributed by atoms with Gasteiger partial charge in [0.25, 0.3) is 11.6 Å². The molecular formula is C19H20N2O7. The van der Waals surface area contributed by atoms with Crippen LogP contribution in [0.1, 0.15) is 13.8 Å². The fraction of sp³-hybridized carbons (Fsp3) is 0.263. The summed E-state index contributed by atoms with van der Waals surface area (Å²) in [4.78, 5) is 34.0. The number of ether oxygens (including phenoxy) is 3. The monoisotopic (exact) mass is 388 g/mol. The first-order valence-corrected chi connectivity index (χ1v) is 8.49. The second kappa shape index (κ2) is 9.91. The van der Waals surface area contributed by atoms with Gasteiger partial charge in [-0.3, -0.25) is 14.9 Å². The van der Waals surface area contributed by atoms with Crippen molar-refractivity contribution in [1.82, 2.24) is 0 Å². The van der Waals surface area contributed by atoms with E-state index >= 15 is 0 Å². The average molecular weight is 388 g/mol. The molecule has 148 valence electrons. The number of carbonyl (C=O) groups is 2. The first-order chi connectivity index (χ1) is 13.4. The molecule has 0 radical (unpaired) electrons. The Morgan fingerprint density at radius 1 is 1.04 bits per heavy atom. The SMILES string of the molecule is CCOc1ccc(NC(=O)[C@H](C)OC(=O)COc2ccc([N+](=O)[O-])cc2)cc1. The maximum Gasteiger partial charge on any atom is 0.344 e. The number of nitrogens with zero attached hydrogens (tertiary/aromatic N) is 1. The molecule has 1 atom stereocenters. The van der Waals surface area contributed by atoms with E-state index in [-0.39, 0.29) is 11.4 Å². The van der Waals surface area contributed by atoms with Crippen LogP contribution in [0.15, 0.2) is 48.5 Å². The predicted molar refractivity (Wildman–Crippen MR) is 100 cm³/mol. The first kappa shape index (κ1) is 20.7. The van der Waals surface area contributed by atoms with E-state index in [0.717, 1.165) is 0 Å². The maximum absolute atomic E-state index is 12.1. The standard InChI is InChI=1S/C19H20N2O7/c1-3-26-16-8-4-14(5-9-16)20-19(23)13(2)28-18(22)12-27-17-10-6-15(7-11-17)21(24)25/h4-11,13H,3,12H2,1-2H3,(H,20,23)/t13-/m0/s1. The van der Waals surface area contributed by atoms with Gasteiger partial charge in [0.05, 0.1) is 11.5 Å². The van der Waals surface area contributed by atoms with Crippen LogP contribution >= 0.6 is 0 Å². The summed E-state index contributed by atoms with van der Waals surface area (Å²) in [6.45, 7) is 3.42. The third-order valence-corrected chi connectivity index (χ3v) is 3.51. The van der Waals surface area contributed by atoms with Gasteiger partial charge in [-0.25, -0.2) is 4.79 Å². The number of anilines is 1. The largest absolute Gasteiger partial charge is 0.494 e. The highest BCUT2D eigenvalue weighted by molar-refractivity contribution is 5.95. The van der Waals surface area contributed by atoms with Gasteiger partial charge < -0.3 is 19.5 Å². The van der Waals surface area contributed by atoms with Crippen molar-refractivity contribution >= 4 is 23.3 Å². The topological polar surface area (TPSA) is 117 Å². The number of hydrogen-bond donors (Lipinski definition) is 1. The Hall–Kier alpha value is -3.62. The van der Waals surface area contributed by atoms with Gasteiger partial charge in [-0.1, -0.05) is 0 Å². The molecule has 1 N–H and O–H groups in total. The molecule has 9 nitrogen and oxygen atoms in total. The van der Waals surface area contributed by atoms with Gasteiger partial charge in [0.2, 0.25) is 0 Å². The second-order valence-electron chi connectivity index (χ2n) is 5.62. The fourth-order valence-electron chi connectivity index (χ4n) is 2.14. The number of rotatable bonds is 9. The molecule has 2 aromatic rings. The summed E-state index contributed by atoms with van der Waals surface area (Å²) in [5.74, 6) is -0.280. The van der Waals surface area contributed by atoms with Crippen molar-refractivity contribution in [3.05, 3.63) is 58.6 Å². The quantitative estimate of drug-likeness (QED) is 0.399. The molecule has 0 aliphatic carbocycles. The van der Waals surface area contributed by atoms with Gasteiger partial charge in [0.1, 0.15) is 11.5 Å². The van der Waals surface area contributed by atoms with Crippen LogP contribution in [0.3, 0.4) is 0 Å². The minimum Gasteiger partial charge on any atom is -0.494 e. The van der Waals surface area contributed by atoms with Gasteiger partial charge in [-0.15, -0.1) is 0 Å². The van der Waals surface area contributed by atoms with E-state index in [1.165, 1.54) is 31.2 Å². The summed E-state index contributed by atoms with van der Waals surface area (Å²) in [5, 5.41) is 13.2. The van der Waals surface area contributed by atoms with Crippen molar-refractivity contribution in [2.24, 2.45) is 0 Å². The highest BCUT2D eigenvalue weighted by Crippen LogP contribution is 2.18. The van der Waals surface area contributed by atoms with Crippen molar-refractivity contribution in [2.45, 2.75) is 20.0 Å². The number of benzene rings is 2. The molecule has 1 amide bonds. The van der Waals surface area contributed by atoms with E-state index in [0.29, 0.717) is 18.0 Å². The molecule has 9 heteroatoms. The highest BCUT2D eigenvalue weighted by Gasteiger charge is 2.18. The Morgan fingerprint density at radius 3 is 2.18 bits per heavy atom. The minimum atomic E-state index is -1.03. The van der Waals surface area contributed by atoms with Crippen molar-refractivity contribution < 1.29 is 28.7 Å². The minimum absolute atomic E-state index is 0.0884. The van der Waals surface area contributed by atoms with Crippen molar-refractivity contribution in [1.29, 1.82) is 0 Å². The maximum atomic E-state index is 12.1. The summed E-state index contributed by atoms with van der Waals surface area (Å²) in [6, 6.07) is 12.0. The van der Waals surface area contributed by atoms with E-state index in [1.54, 1.807) is 24.3 Å². The van der Waals surface area contributed by atoms with Gasteiger partial charge in [-0.05, 0) is 50.2 Å². The smallest absolute Gasteiger partial charge is 0.344 e. The molecule has 2 aromatic carbocycles. The molecule has 0 aliphatic rings. The number of carbonyl (C=O) groups excluding carboxylic acids is 2. The van der Waals surface area contributed by atoms with Crippen molar-refractivity contribution in [3.63, 3.8) is 0 Å². The molecule has 2 rings (SSSR count). The zero-order valence-corrected chi connectivity index (χ0v) is 15.4. The van der Waals surface area contributed by atoms with Crippen LogP contribution < -0.4 is 14.8 Å². The van der Waals surface area contributed by atoms with Crippen molar-refractivity contribution in [2.75, 3.05) is 18.5 Å². The summed E-state index contributed by atoms with van der Waals surface area (Å²) in [5.41, 5.74) is 0.452. The van der Waals surface area contributed by atoms with Crippen LogP contribution in [-0.4, -0.2) is 36.1 Å². The molecule has 28 heavy (non-hydrogen) atoms. The zero-order valence-electron chi connectivity index (χ0n) is 15.4. The van der Waals surface area contributed by atoms with E-state index in [1.807, 2.05) is 6.92 Å². The lowest BCUT2D eigenvalue weighted by molar-refractivity contribution is -0.384. The average Bonchev–Trinajstić information content (AvgIpc) is 2.68. The third kappa shape index (κ3) is 6.27. The summed E-state index contributed by atoms with van der Waals surface area (Å²) in [6.07, 6.45) is -1.03. The molecule has 0 aliphatic heterocycles. The van der Waals surface area contributed by atoms with Gasteiger partial charge in [0.15, 0.2) is 12.7 Å². The van der Waals surface area contributed by atoms with E-state index in [4.69, 9.17) is 14.2 Å². The second-order valence-corrected chi connectivity index (χ2v) is 5.62. The van der Waals surface area contributed by atoms with Crippen LogP contribution in [0.4, 0.5) is 11.4 Å². The van der Waals surface area contributed by atoms with Crippen LogP contribution in [-0.2, 0) is 14.3 Å². The molecule has 0 saturated carbocycles. The van der Waals surface area contributed by atoms with E-state index < -0.39 is 29.5 Å². The third-order valence-electron chi connectivity index (χ3n) is 3.51. The number of non-ortho nitro benzene ring substituents is 1. The number of nitro groups is 1. The Bertz CT molecular complexity index is 819. The number of amides is 1. The Morgan fingerprint density at radius 2 is 1.61 bits per heavy atom. The lowest BCUT2D eigenvalue weighted by Gasteiger charge is -2.14. The van der Waals surface area contributed by atoms with Crippen molar-refractivity contribution in [3.8, 4) is 11.5 Å². The molecule has 0 fully saturated rings. The molecular weight excluding hydrogens is 368 g/mol. The lowest BCUT2D eigenvalue weighted by Crippen LogP contribution is -2.31. The van der Waals surface area contributed by atoms with Gasteiger partial charge in [-0.2, -0.15) is 0 Å². The Labute approximate surface area is 161 Å². The highest BCUT2D eigenvalue weighted by atomic mass is 16.6. The number of nitro benzene ring substituents is 1. The van der Waals surface area contributed by atoms with E-state index in [9.17, 15) is 19.7 Å². The summed E-state index contributed by atoms with van der Waals surface area (Å²) >= 11 is 0. The number of nitrogens with one attached hydrogen (secondary N) is 1. The van der Waals surface area contributed by atoms with Crippen LogP contribution in [0.5, 0.6) is 11.5 Å². The summed E-state index contributed by atoms with van der Waals surface area (Å²) < 4.78 is 15.5. The van der Waals surface area contributed by atoms with E-state index in [2.05, 4.69) is 5.32 Å². The normalized spacial score (nSPS) is 11.2. The van der Waals surface area contributed by atoms with Gasteiger partial charge >= 0.3 is 5.97 Å². The Kier molecular flexibility index (Phi) is 7.32. The van der Waals surface area contributed by atoms with Crippen LogP contribution in [0.2, 0.25) is 0 Å².